The van der Waals surface area contributed by atoms with Crippen molar-refractivity contribution in [2.45, 2.75) is 27.7 Å². The van der Waals surface area contributed by atoms with Crippen LogP contribution in [0.15, 0.2) is 118 Å². The van der Waals surface area contributed by atoms with Crippen LogP contribution in [0.4, 0.5) is 0 Å². The summed E-state index contributed by atoms with van der Waals surface area (Å²) in [7, 11) is 0. The molecule has 0 aliphatic carbocycles. The number of hydrogen-bond donors (Lipinski definition) is 0. The highest BCUT2D eigenvalue weighted by Crippen LogP contribution is 2.36. The quantitative estimate of drug-likeness (QED) is 0.0982. The zero-order valence-electron chi connectivity index (χ0n) is 29.4. The number of hydrogen-bond acceptors (Lipinski definition) is 8. The van der Waals surface area contributed by atoms with Crippen molar-refractivity contribution in [3.8, 4) is 46.7 Å². The lowest BCUT2D eigenvalue weighted by Crippen LogP contribution is -2.04. The molecule has 6 aromatic carbocycles. The minimum absolute atomic E-state index is 0.352. The molecule has 0 fully saturated rings. The van der Waals surface area contributed by atoms with Crippen LogP contribution in [-0.2, 0) is 19.2 Å². The van der Waals surface area contributed by atoms with Crippen LogP contribution in [0, 0.1) is 23.7 Å². The van der Waals surface area contributed by atoms with Gasteiger partial charge in [-0.25, -0.2) is 0 Å². The number of fused-ring (bicyclic) bond motifs is 2. The largest absolute Gasteiger partial charge is 0.425 e. The molecule has 0 aromatic heterocycles. The lowest BCUT2D eigenvalue weighted by molar-refractivity contribution is -0.132. The fourth-order valence-electron chi connectivity index (χ4n) is 5.02. The van der Waals surface area contributed by atoms with Gasteiger partial charge in [0.2, 0.25) is 0 Å². The maximum absolute atomic E-state index is 11.7. The average molecular weight is 847 g/mol. The molecule has 0 N–H and O–H groups in total. The number of esters is 4. The van der Waals surface area contributed by atoms with E-state index in [0.717, 1.165) is 32.7 Å². The van der Waals surface area contributed by atoms with Crippen LogP contribution in [0.25, 0.3) is 21.5 Å². The normalized spacial score (nSPS) is 10.0. The molecule has 54 heavy (non-hydrogen) atoms. The summed E-state index contributed by atoms with van der Waals surface area (Å²) in [6, 6.07) is 33.2. The van der Waals surface area contributed by atoms with Gasteiger partial charge in [0.05, 0.1) is 20.1 Å². The van der Waals surface area contributed by atoms with Gasteiger partial charge in [0.25, 0.3) is 0 Å². The monoisotopic (exact) mass is 844 g/mol. The molecular formula is C44H30Br2O8. The molecule has 0 amide bonds. The molecule has 0 bridgehead atoms. The molecule has 0 aliphatic heterocycles. The standard InChI is InChI=1S/C30H20O4.C14H10Br2O4/c1-21(31)33-29-19-27-18-26(16-14-24-11-7-4-8-12-24)30(34-22(2)32)20-28(27)17-25(29)15-13-23-9-5-3-6-10-23;1-7(17)19-13-5-9-4-12(16)14(20-8(2)18)6-10(9)3-11(13)15/h3-12,17-20H,1-2H3;3-6H,1-2H3. The van der Waals surface area contributed by atoms with E-state index in [0.29, 0.717) is 43.1 Å². The maximum Gasteiger partial charge on any atom is 0.308 e. The van der Waals surface area contributed by atoms with Crippen LogP contribution in [-0.4, -0.2) is 23.9 Å². The number of ether oxygens (including phenoxy) is 4. The summed E-state index contributed by atoms with van der Waals surface area (Å²) >= 11 is 6.69. The van der Waals surface area contributed by atoms with Gasteiger partial charge in [-0.15, -0.1) is 0 Å². The second-order valence-corrected chi connectivity index (χ2v) is 13.3. The van der Waals surface area contributed by atoms with E-state index in [1.807, 2.05) is 72.8 Å². The average Bonchev–Trinajstić information content (AvgIpc) is 3.11. The van der Waals surface area contributed by atoms with E-state index in [4.69, 9.17) is 18.9 Å². The molecule has 0 atom stereocenters. The molecule has 6 rings (SSSR count). The van der Waals surface area contributed by atoms with Crippen LogP contribution in [0.2, 0.25) is 0 Å². The number of rotatable bonds is 4. The van der Waals surface area contributed by atoms with Crippen molar-refractivity contribution in [2.75, 3.05) is 0 Å². The van der Waals surface area contributed by atoms with Gasteiger partial charge < -0.3 is 18.9 Å². The van der Waals surface area contributed by atoms with E-state index < -0.39 is 11.9 Å². The Labute approximate surface area is 328 Å². The van der Waals surface area contributed by atoms with Crippen molar-refractivity contribution in [3.63, 3.8) is 0 Å². The third-order valence-electron chi connectivity index (χ3n) is 7.22. The molecule has 0 unspecified atom stereocenters. The molecule has 0 heterocycles. The number of carbonyl (C=O) groups is 4. The molecular weight excluding hydrogens is 816 g/mol. The van der Waals surface area contributed by atoms with E-state index in [9.17, 15) is 19.2 Å². The summed E-state index contributed by atoms with van der Waals surface area (Å²) in [5, 5.41) is 3.25. The molecule has 0 aliphatic rings. The Morgan fingerprint density at radius 2 is 0.704 bits per heavy atom. The highest BCUT2D eigenvalue weighted by Gasteiger charge is 2.13. The Morgan fingerprint density at radius 1 is 0.407 bits per heavy atom. The van der Waals surface area contributed by atoms with Gasteiger partial charge in [0, 0.05) is 38.8 Å². The van der Waals surface area contributed by atoms with Gasteiger partial charge in [-0.05, 0) is 126 Å². The van der Waals surface area contributed by atoms with Crippen LogP contribution in [0.1, 0.15) is 49.9 Å². The lowest BCUT2D eigenvalue weighted by atomic mass is 10.0. The maximum atomic E-state index is 11.7. The molecule has 8 nitrogen and oxygen atoms in total. The molecule has 0 spiro atoms. The second-order valence-electron chi connectivity index (χ2n) is 11.6. The van der Waals surface area contributed by atoms with Gasteiger partial charge in [-0.1, -0.05) is 60.1 Å². The lowest BCUT2D eigenvalue weighted by Gasteiger charge is -2.10. The Morgan fingerprint density at radius 3 is 1.04 bits per heavy atom. The van der Waals surface area contributed by atoms with Crippen molar-refractivity contribution in [1.29, 1.82) is 0 Å². The first-order valence-electron chi connectivity index (χ1n) is 16.3. The molecule has 0 saturated heterocycles. The predicted octanol–water partition coefficient (Wildman–Crippen LogP) is 9.71. The van der Waals surface area contributed by atoms with E-state index in [2.05, 4.69) is 55.5 Å². The fourth-order valence-corrected chi connectivity index (χ4v) is 5.91. The molecule has 0 saturated carbocycles. The first kappa shape index (κ1) is 39.0. The number of carbonyl (C=O) groups excluding carboxylic acids is 4. The smallest absolute Gasteiger partial charge is 0.308 e. The first-order valence-corrected chi connectivity index (χ1v) is 17.9. The number of benzene rings is 6. The van der Waals surface area contributed by atoms with Crippen molar-refractivity contribution in [2.24, 2.45) is 0 Å². The van der Waals surface area contributed by atoms with Gasteiger partial charge in [-0.3, -0.25) is 19.2 Å². The highest BCUT2D eigenvalue weighted by molar-refractivity contribution is 9.11. The van der Waals surface area contributed by atoms with E-state index in [1.54, 1.807) is 36.4 Å². The minimum atomic E-state index is -0.442. The van der Waals surface area contributed by atoms with Gasteiger partial charge in [-0.2, -0.15) is 0 Å². The van der Waals surface area contributed by atoms with Gasteiger partial charge >= 0.3 is 23.9 Å². The van der Waals surface area contributed by atoms with Crippen LogP contribution in [0.5, 0.6) is 23.0 Å². The van der Waals surface area contributed by atoms with Crippen molar-refractivity contribution < 1.29 is 38.1 Å². The van der Waals surface area contributed by atoms with Gasteiger partial charge in [0.1, 0.15) is 23.0 Å². The van der Waals surface area contributed by atoms with Gasteiger partial charge in [0.15, 0.2) is 0 Å². The topological polar surface area (TPSA) is 105 Å². The molecule has 0 radical (unpaired) electrons. The third-order valence-corrected chi connectivity index (χ3v) is 8.46. The summed E-state index contributed by atoms with van der Waals surface area (Å²) in [5.41, 5.74) is 2.76. The SMILES string of the molecule is CC(=O)Oc1cc2cc(Br)c(OC(C)=O)cc2cc1Br.CC(=O)Oc1cc2cc(C#Cc3ccccc3)c(OC(C)=O)cc2cc1C#Cc1ccccc1. The van der Waals surface area contributed by atoms with Crippen LogP contribution in [0.3, 0.4) is 0 Å². The minimum Gasteiger partial charge on any atom is -0.425 e. The molecule has 6 aromatic rings. The second kappa shape index (κ2) is 18.0. The Balaban J connectivity index is 0.000000239. The summed E-state index contributed by atoms with van der Waals surface area (Å²) in [6.07, 6.45) is 0. The zero-order chi connectivity index (χ0) is 38.8. The van der Waals surface area contributed by atoms with E-state index >= 15 is 0 Å². The summed E-state index contributed by atoms with van der Waals surface area (Å²) in [4.78, 5) is 45.5. The van der Waals surface area contributed by atoms with E-state index in [1.165, 1.54) is 27.7 Å². The predicted molar refractivity (Wildman–Crippen MR) is 213 cm³/mol. The summed E-state index contributed by atoms with van der Waals surface area (Å²) in [6.45, 7) is 5.38. The summed E-state index contributed by atoms with van der Waals surface area (Å²) in [5.74, 6) is 12.3. The van der Waals surface area contributed by atoms with E-state index in [-0.39, 0.29) is 11.9 Å². The molecule has 10 heteroatoms. The Kier molecular flexibility index (Phi) is 13.0. The fraction of sp³-hybridized carbons (Fsp3) is 0.0909. The number of halogens is 2. The van der Waals surface area contributed by atoms with Crippen LogP contribution >= 0.6 is 31.9 Å². The Bertz CT molecular complexity index is 2360. The van der Waals surface area contributed by atoms with Crippen molar-refractivity contribution >= 4 is 77.3 Å². The van der Waals surface area contributed by atoms with Crippen molar-refractivity contribution in [3.05, 3.63) is 140 Å². The summed E-state index contributed by atoms with van der Waals surface area (Å²) < 4.78 is 22.4. The van der Waals surface area contributed by atoms with Crippen LogP contribution < -0.4 is 18.9 Å². The zero-order valence-corrected chi connectivity index (χ0v) is 32.6. The van der Waals surface area contributed by atoms with Crippen molar-refractivity contribution in [1.82, 2.24) is 0 Å². The Hall–Kier alpha value is -6.20. The third kappa shape index (κ3) is 10.9. The highest BCUT2D eigenvalue weighted by atomic mass is 79.9. The first-order chi connectivity index (χ1) is 25.8. The molecule has 268 valence electrons.